The molecule has 1 saturated carbocycles. The molecule has 5 rings (SSSR count). The van der Waals surface area contributed by atoms with Gasteiger partial charge < -0.3 is 10.1 Å². The molecule has 8 nitrogen and oxygen atoms in total. The van der Waals surface area contributed by atoms with E-state index in [9.17, 15) is 14.3 Å². The van der Waals surface area contributed by atoms with Crippen molar-refractivity contribution in [3.63, 3.8) is 0 Å². The number of fused-ring (bicyclic) bond motifs is 1. The number of imidazole rings is 1. The fourth-order valence-electron chi connectivity index (χ4n) is 2.99. The number of rotatable bonds is 3. The van der Waals surface area contributed by atoms with Crippen LogP contribution in [0.2, 0.25) is 0 Å². The van der Waals surface area contributed by atoms with E-state index >= 15 is 0 Å². The van der Waals surface area contributed by atoms with E-state index in [-0.39, 0.29) is 23.4 Å². The molecule has 1 fully saturated rings. The van der Waals surface area contributed by atoms with E-state index in [2.05, 4.69) is 25.0 Å². The van der Waals surface area contributed by atoms with Crippen molar-refractivity contribution in [1.82, 2.24) is 24.6 Å². The van der Waals surface area contributed by atoms with Crippen LogP contribution in [0.1, 0.15) is 18.5 Å². The first-order chi connectivity index (χ1) is 13.6. The van der Waals surface area contributed by atoms with Gasteiger partial charge in [-0.3, -0.25) is 9.98 Å². The zero-order chi connectivity index (χ0) is 19.3. The largest absolute Gasteiger partial charge is 0.493 e. The summed E-state index contributed by atoms with van der Waals surface area (Å²) in [5.41, 5.74) is 2.01. The maximum atomic E-state index is 13.7. The van der Waals surface area contributed by atoms with Crippen LogP contribution in [0.5, 0.6) is 5.88 Å². The third-order valence-corrected chi connectivity index (χ3v) is 4.50. The molecule has 0 amide bonds. The molecule has 0 atom stereocenters. The lowest BCUT2D eigenvalue weighted by Gasteiger charge is -2.03. The zero-order valence-corrected chi connectivity index (χ0v) is 14.6. The standard InChI is InChI=1S/C19H15FN6O2/c20-12-3-1-2-10(6-12)14-8-16(22-13-4-5-13)26-17(23-14)11(9-21-26)7-15-18(27)25-19(28)24-15/h1-3,6-9,13,27H,4-5H2,(H2,24,25,28)/b11-7+,22-16?. The van der Waals surface area contributed by atoms with E-state index in [0.717, 1.165) is 12.8 Å². The van der Waals surface area contributed by atoms with Gasteiger partial charge in [0.25, 0.3) is 0 Å². The normalized spacial score (nSPS) is 15.6. The van der Waals surface area contributed by atoms with Crippen molar-refractivity contribution in [2.45, 2.75) is 18.9 Å². The van der Waals surface area contributed by atoms with Crippen molar-refractivity contribution in [1.29, 1.82) is 0 Å². The molecule has 0 saturated heterocycles. The second-order valence-electron chi connectivity index (χ2n) is 6.69. The van der Waals surface area contributed by atoms with Crippen molar-refractivity contribution < 1.29 is 9.50 Å². The number of nitrogens with zero attached hydrogens (tertiary/aromatic N) is 4. The Morgan fingerprint density at radius 1 is 1.29 bits per heavy atom. The summed E-state index contributed by atoms with van der Waals surface area (Å²) in [4.78, 5) is 25.5. The molecule has 0 spiro atoms. The van der Waals surface area contributed by atoms with Crippen LogP contribution >= 0.6 is 0 Å². The molecule has 140 valence electrons. The van der Waals surface area contributed by atoms with Gasteiger partial charge in [-0.15, -0.1) is 0 Å². The van der Waals surface area contributed by atoms with Gasteiger partial charge in [-0.1, -0.05) is 12.1 Å². The van der Waals surface area contributed by atoms with Crippen LogP contribution in [0.4, 0.5) is 4.39 Å². The molecule has 3 aromatic heterocycles. The molecule has 1 aliphatic carbocycles. The van der Waals surface area contributed by atoms with Crippen molar-refractivity contribution in [2.75, 3.05) is 0 Å². The maximum absolute atomic E-state index is 13.7. The number of aromatic nitrogens is 5. The minimum absolute atomic E-state index is 0.221. The van der Waals surface area contributed by atoms with Gasteiger partial charge in [0.15, 0.2) is 11.1 Å². The zero-order valence-electron chi connectivity index (χ0n) is 14.6. The van der Waals surface area contributed by atoms with E-state index in [4.69, 9.17) is 0 Å². The van der Waals surface area contributed by atoms with Gasteiger partial charge in [0, 0.05) is 16.8 Å². The summed E-state index contributed by atoms with van der Waals surface area (Å²) in [6.45, 7) is 0. The number of nitrogens with one attached hydrogen (secondary N) is 2. The molecule has 9 heteroatoms. The monoisotopic (exact) mass is 378 g/mol. The highest BCUT2D eigenvalue weighted by Gasteiger charge is 2.20. The lowest BCUT2D eigenvalue weighted by Crippen LogP contribution is -2.19. The first-order valence-electron chi connectivity index (χ1n) is 8.78. The lowest BCUT2D eigenvalue weighted by atomic mass is 10.1. The summed E-state index contributed by atoms with van der Waals surface area (Å²) in [5.74, 6) is -0.622. The summed E-state index contributed by atoms with van der Waals surface area (Å²) >= 11 is 0. The third kappa shape index (κ3) is 2.96. The number of halogens is 1. The van der Waals surface area contributed by atoms with Crippen LogP contribution in [0.3, 0.4) is 0 Å². The highest BCUT2D eigenvalue weighted by molar-refractivity contribution is 5.63. The van der Waals surface area contributed by atoms with E-state index in [1.165, 1.54) is 12.1 Å². The predicted octanol–water partition coefficient (Wildman–Crippen LogP) is 0.868. The molecular weight excluding hydrogens is 363 g/mol. The fourth-order valence-corrected chi connectivity index (χ4v) is 2.99. The van der Waals surface area contributed by atoms with Crippen molar-refractivity contribution in [3.05, 3.63) is 69.2 Å². The summed E-state index contributed by atoms with van der Waals surface area (Å²) < 4.78 is 15.3. The Bertz CT molecular complexity index is 1380. The molecule has 28 heavy (non-hydrogen) atoms. The smallest absolute Gasteiger partial charge is 0.326 e. The van der Waals surface area contributed by atoms with Gasteiger partial charge in [-0.25, -0.2) is 14.2 Å². The Balaban J connectivity index is 1.79. The van der Waals surface area contributed by atoms with E-state index in [1.807, 2.05) is 0 Å². The average Bonchev–Trinajstić information content (AvgIpc) is 3.30. The fraction of sp³-hybridized carbons (Fsp3) is 0.158. The number of hydrogen-bond acceptors (Lipinski definition) is 5. The summed E-state index contributed by atoms with van der Waals surface area (Å²) in [6, 6.07) is 8.23. The molecule has 3 heterocycles. The Morgan fingerprint density at radius 3 is 2.86 bits per heavy atom. The Kier molecular flexibility index (Phi) is 3.61. The quantitative estimate of drug-likeness (QED) is 0.491. The first-order valence-corrected chi connectivity index (χ1v) is 8.78. The van der Waals surface area contributed by atoms with Crippen molar-refractivity contribution in [2.24, 2.45) is 4.99 Å². The van der Waals surface area contributed by atoms with Gasteiger partial charge in [0.05, 0.1) is 17.9 Å². The van der Waals surface area contributed by atoms with Crippen LogP contribution in [0.15, 0.2) is 46.3 Å². The van der Waals surface area contributed by atoms with Gasteiger partial charge >= 0.3 is 5.69 Å². The van der Waals surface area contributed by atoms with E-state index in [1.54, 1.807) is 35.0 Å². The second kappa shape index (κ2) is 6.15. The molecule has 0 aliphatic heterocycles. The summed E-state index contributed by atoms with van der Waals surface area (Å²) in [6.07, 6.45) is 5.20. The molecular formula is C19H15FN6O2. The minimum Gasteiger partial charge on any atom is -0.493 e. The molecule has 3 N–H and O–H groups in total. The minimum atomic E-state index is -0.516. The second-order valence-corrected chi connectivity index (χ2v) is 6.69. The Hall–Kier alpha value is -3.75. The lowest BCUT2D eigenvalue weighted by molar-refractivity contribution is 0.454. The van der Waals surface area contributed by atoms with Gasteiger partial charge in [-0.2, -0.15) is 9.61 Å². The molecule has 1 aromatic carbocycles. The molecule has 0 radical (unpaired) electrons. The maximum Gasteiger partial charge on any atom is 0.326 e. The molecule has 0 bridgehead atoms. The van der Waals surface area contributed by atoms with Crippen LogP contribution in [-0.4, -0.2) is 35.7 Å². The van der Waals surface area contributed by atoms with Crippen LogP contribution in [0, 0.1) is 5.82 Å². The first kappa shape index (κ1) is 16.4. The number of aromatic amines is 2. The topological polar surface area (TPSA) is 111 Å². The van der Waals surface area contributed by atoms with Gasteiger partial charge in [-0.05, 0) is 31.1 Å². The Morgan fingerprint density at radius 2 is 2.14 bits per heavy atom. The van der Waals surface area contributed by atoms with Crippen molar-refractivity contribution >= 4 is 11.7 Å². The molecule has 0 unspecified atom stereocenters. The molecule has 1 aliphatic rings. The summed E-state index contributed by atoms with van der Waals surface area (Å²) in [5, 5.41) is 14.8. The number of H-pyrrole nitrogens is 2. The summed E-state index contributed by atoms with van der Waals surface area (Å²) in [7, 11) is 0. The van der Waals surface area contributed by atoms with Crippen molar-refractivity contribution in [3.8, 4) is 17.1 Å². The Labute approximate surface area is 156 Å². The van der Waals surface area contributed by atoms with Crippen LogP contribution < -0.4 is 16.4 Å². The predicted molar refractivity (Wildman–Crippen MR) is 98.8 cm³/mol. The van der Waals surface area contributed by atoms with E-state index < -0.39 is 5.69 Å². The third-order valence-electron chi connectivity index (χ3n) is 4.50. The number of benzene rings is 1. The number of hydrogen-bond donors (Lipinski definition) is 3. The van der Waals surface area contributed by atoms with Gasteiger partial charge in [0.1, 0.15) is 11.5 Å². The SMILES string of the molecule is O=c1[nH]c(O)c(/C=c2\cnn3c(=NC4CC4)cc(-c4cccc(F)c4)nc23)[nH]1. The van der Waals surface area contributed by atoms with Crippen LogP contribution in [-0.2, 0) is 0 Å². The highest BCUT2D eigenvalue weighted by Crippen LogP contribution is 2.23. The van der Waals surface area contributed by atoms with Crippen LogP contribution in [0.25, 0.3) is 23.0 Å². The average molecular weight is 378 g/mol. The highest BCUT2D eigenvalue weighted by atomic mass is 19.1. The number of aromatic hydroxyl groups is 1. The molecule has 4 aromatic rings. The van der Waals surface area contributed by atoms with Gasteiger partial charge in [0.2, 0.25) is 5.88 Å². The van der Waals surface area contributed by atoms with E-state index in [0.29, 0.717) is 27.6 Å².